The number of unbranched alkanes of at least 4 members (excludes halogenated alkanes) is 9. The van der Waals surface area contributed by atoms with Crippen molar-refractivity contribution in [2.75, 3.05) is 19.5 Å². The molecule has 0 aromatic carbocycles. The van der Waals surface area contributed by atoms with Gasteiger partial charge in [0.05, 0.1) is 7.14 Å². The molecule has 0 atom stereocenters. The third-order valence-electron chi connectivity index (χ3n) is 5.28. The molecule has 0 amide bonds. The Morgan fingerprint density at radius 2 is 1.14 bits per heavy atom. The van der Waals surface area contributed by atoms with Crippen LogP contribution in [0.15, 0.2) is 0 Å². The van der Waals surface area contributed by atoms with Crippen molar-refractivity contribution in [3.63, 3.8) is 0 Å². The van der Waals surface area contributed by atoms with E-state index < -0.39 is 7.14 Å². The normalized spacial score (nSPS) is 17.0. The summed E-state index contributed by atoms with van der Waals surface area (Å²) in [5.41, 5.74) is 0. The fourth-order valence-corrected chi connectivity index (χ4v) is 4.80. The largest absolute Gasteiger partial charge is 0.324 e. The molecule has 1 aliphatic rings. The third kappa shape index (κ3) is 12.7. The van der Waals surface area contributed by atoms with E-state index in [9.17, 15) is 4.57 Å². The van der Waals surface area contributed by atoms with Crippen LogP contribution < -0.4 is 0 Å². The van der Waals surface area contributed by atoms with E-state index in [1.54, 1.807) is 0 Å². The minimum Gasteiger partial charge on any atom is -0.324 e. The molecule has 2 heteroatoms. The van der Waals surface area contributed by atoms with E-state index in [4.69, 9.17) is 0 Å². The Morgan fingerprint density at radius 3 is 1.64 bits per heavy atom. The maximum atomic E-state index is 11.6. The topological polar surface area (TPSA) is 17.1 Å². The van der Waals surface area contributed by atoms with Gasteiger partial charge in [-0.15, -0.1) is 0 Å². The van der Waals surface area contributed by atoms with Crippen molar-refractivity contribution < 1.29 is 4.57 Å². The zero-order valence-corrected chi connectivity index (χ0v) is 16.3. The highest BCUT2D eigenvalue weighted by molar-refractivity contribution is 7.62. The first-order valence-corrected chi connectivity index (χ1v) is 12.9. The molecule has 0 aromatic rings. The minimum absolute atomic E-state index is 0.952. The minimum atomic E-state index is -1.75. The number of hydrogen-bond acceptors (Lipinski definition) is 1. The highest BCUT2D eigenvalue weighted by Gasteiger charge is 2.12. The van der Waals surface area contributed by atoms with Crippen molar-refractivity contribution in [2.24, 2.45) is 5.92 Å². The second-order valence-corrected chi connectivity index (χ2v) is 11.7. The average Bonchev–Trinajstić information content (AvgIpc) is 2.48. The average molecular weight is 329 g/mol. The summed E-state index contributed by atoms with van der Waals surface area (Å²) in [6, 6.07) is 0. The van der Waals surface area contributed by atoms with Gasteiger partial charge in [-0.3, -0.25) is 0 Å². The predicted molar refractivity (Wildman–Crippen MR) is 102 cm³/mol. The van der Waals surface area contributed by atoms with Crippen molar-refractivity contribution in [3.8, 4) is 0 Å². The first kappa shape index (κ1) is 20.3. The molecular weight excluding hydrogens is 287 g/mol. The summed E-state index contributed by atoms with van der Waals surface area (Å²) in [4.78, 5) is 0. The molecule has 0 unspecified atom stereocenters. The quantitative estimate of drug-likeness (QED) is 0.253. The Bertz CT molecular complexity index is 288. The fraction of sp³-hybridized carbons (Fsp3) is 1.00. The van der Waals surface area contributed by atoms with Crippen LogP contribution in [0.2, 0.25) is 0 Å². The zero-order chi connectivity index (χ0) is 16.1. The fourth-order valence-electron chi connectivity index (χ4n) is 3.82. The molecule has 0 saturated heterocycles. The first-order valence-electron chi connectivity index (χ1n) is 10.1. The summed E-state index contributed by atoms with van der Waals surface area (Å²) >= 11 is 0. The van der Waals surface area contributed by atoms with E-state index in [0.717, 1.165) is 12.1 Å². The molecule has 1 nitrogen and oxygen atoms in total. The van der Waals surface area contributed by atoms with Gasteiger partial charge in [-0.2, -0.15) is 0 Å². The molecular formula is C20H41OP. The van der Waals surface area contributed by atoms with Gasteiger partial charge in [0.15, 0.2) is 0 Å². The van der Waals surface area contributed by atoms with E-state index in [2.05, 4.69) is 0 Å². The molecule has 1 rings (SSSR count). The molecule has 22 heavy (non-hydrogen) atoms. The highest BCUT2D eigenvalue weighted by atomic mass is 31.2. The summed E-state index contributed by atoms with van der Waals surface area (Å²) in [6.45, 7) is 3.84. The third-order valence-corrected chi connectivity index (χ3v) is 6.68. The summed E-state index contributed by atoms with van der Waals surface area (Å²) in [7, 11) is -1.75. The standard InChI is InChI=1S/C20H41OP/c1-22(2,21)19-15-10-8-6-4-3-5-7-9-12-16-20-17-13-11-14-18-20/h20H,3-19H2,1-2H3. The Labute approximate surface area is 140 Å². The van der Waals surface area contributed by atoms with Gasteiger partial charge in [-0.1, -0.05) is 96.3 Å². The molecule has 1 saturated carbocycles. The SMILES string of the molecule is CP(C)(=O)CCCCCCCCCCCCC1CCCCC1. The van der Waals surface area contributed by atoms with E-state index in [0.29, 0.717) is 0 Å². The van der Waals surface area contributed by atoms with Crippen LogP contribution in [0, 0.1) is 5.92 Å². The van der Waals surface area contributed by atoms with Crippen molar-refractivity contribution in [3.05, 3.63) is 0 Å². The van der Waals surface area contributed by atoms with Gasteiger partial charge in [0.1, 0.15) is 0 Å². The Balaban J connectivity index is 1.73. The Hall–Kier alpha value is 0.230. The van der Waals surface area contributed by atoms with Crippen molar-refractivity contribution in [2.45, 2.75) is 103 Å². The number of hydrogen-bond donors (Lipinski definition) is 0. The maximum absolute atomic E-state index is 11.6. The second kappa shape index (κ2) is 12.6. The van der Waals surface area contributed by atoms with E-state index in [-0.39, 0.29) is 0 Å². The lowest BCUT2D eigenvalue weighted by Gasteiger charge is -2.21. The molecule has 0 aromatic heterocycles. The summed E-state index contributed by atoms with van der Waals surface area (Å²) in [5.74, 6) is 1.08. The molecule has 0 bridgehead atoms. The molecule has 132 valence electrons. The second-order valence-electron chi connectivity index (χ2n) is 8.13. The lowest BCUT2D eigenvalue weighted by Crippen LogP contribution is -2.05. The van der Waals surface area contributed by atoms with E-state index >= 15 is 0 Å². The summed E-state index contributed by atoms with van der Waals surface area (Å²) in [6.07, 6.45) is 23.9. The van der Waals surface area contributed by atoms with Gasteiger partial charge >= 0.3 is 0 Å². The molecule has 0 spiro atoms. The summed E-state index contributed by atoms with van der Waals surface area (Å²) in [5, 5.41) is 0. The molecule has 1 aliphatic carbocycles. The lowest BCUT2D eigenvalue weighted by atomic mass is 9.85. The van der Waals surface area contributed by atoms with Gasteiger partial charge in [0.2, 0.25) is 0 Å². The van der Waals surface area contributed by atoms with Crippen molar-refractivity contribution in [1.82, 2.24) is 0 Å². The Morgan fingerprint density at radius 1 is 0.682 bits per heavy atom. The molecule has 0 N–H and O–H groups in total. The molecule has 1 fully saturated rings. The van der Waals surface area contributed by atoms with Gasteiger partial charge in [-0.25, -0.2) is 0 Å². The van der Waals surface area contributed by atoms with Gasteiger partial charge in [-0.05, 0) is 25.7 Å². The van der Waals surface area contributed by atoms with Gasteiger partial charge < -0.3 is 4.57 Å². The molecule has 0 heterocycles. The van der Waals surface area contributed by atoms with Crippen LogP contribution in [-0.2, 0) is 4.57 Å². The first-order chi connectivity index (χ1) is 10.6. The van der Waals surface area contributed by atoms with E-state index in [1.165, 1.54) is 103 Å². The van der Waals surface area contributed by atoms with Crippen molar-refractivity contribution >= 4 is 7.14 Å². The van der Waals surface area contributed by atoms with Crippen molar-refractivity contribution in [1.29, 1.82) is 0 Å². The highest BCUT2D eigenvalue weighted by Crippen LogP contribution is 2.36. The zero-order valence-electron chi connectivity index (χ0n) is 15.5. The van der Waals surface area contributed by atoms with Gasteiger partial charge in [0, 0.05) is 6.16 Å². The van der Waals surface area contributed by atoms with Crippen LogP contribution in [0.25, 0.3) is 0 Å². The van der Waals surface area contributed by atoms with E-state index in [1.807, 2.05) is 13.3 Å². The molecule has 0 aliphatic heterocycles. The smallest absolute Gasteiger partial charge is 0.0819 e. The van der Waals surface area contributed by atoms with Crippen LogP contribution in [-0.4, -0.2) is 19.5 Å². The number of rotatable bonds is 13. The van der Waals surface area contributed by atoms with Crippen LogP contribution >= 0.6 is 7.14 Å². The molecule has 0 radical (unpaired) electrons. The van der Waals surface area contributed by atoms with Crippen LogP contribution in [0.4, 0.5) is 0 Å². The lowest BCUT2D eigenvalue weighted by molar-refractivity contribution is 0.328. The predicted octanol–water partition coefficient (Wildman–Crippen LogP) is 7.48. The van der Waals surface area contributed by atoms with Gasteiger partial charge in [0.25, 0.3) is 0 Å². The van der Waals surface area contributed by atoms with Crippen LogP contribution in [0.1, 0.15) is 103 Å². The summed E-state index contributed by atoms with van der Waals surface area (Å²) < 4.78 is 11.6. The maximum Gasteiger partial charge on any atom is 0.0819 e. The monoisotopic (exact) mass is 328 g/mol. The Kier molecular flexibility index (Phi) is 11.6. The van der Waals surface area contributed by atoms with Crippen LogP contribution in [0.5, 0.6) is 0 Å². The van der Waals surface area contributed by atoms with Crippen LogP contribution in [0.3, 0.4) is 0 Å².